The van der Waals surface area contributed by atoms with Gasteiger partial charge in [-0.05, 0) is 30.7 Å². The van der Waals surface area contributed by atoms with Gasteiger partial charge in [0.1, 0.15) is 0 Å². The van der Waals surface area contributed by atoms with E-state index in [1.807, 2.05) is 6.07 Å². The van der Waals surface area contributed by atoms with E-state index < -0.39 is 0 Å². The number of guanidine groups is 1. The third-order valence-electron chi connectivity index (χ3n) is 3.14. The van der Waals surface area contributed by atoms with Crippen LogP contribution in [0.3, 0.4) is 0 Å². The fourth-order valence-electron chi connectivity index (χ4n) is 1.81. The lowest BCUT2D eigenvalue weighted by Crippen LogP contribution is -2.33. The summed E-state index contributed by atoms with van der Waals surface area (Å²) < 4.78 is 0. The lowest BCUT2D eigenvalue weighted by atomic mass is 9.98. The maximum absolute atomic E-state index is 5.78. The average molecular weight is 231 g/mol. The number of hydrogen-bond donors (Lipinski definition) is 2. The van der Waals surface area contributed by atoms with E-state index in [9.17, 15) is 0 Å². The molecule has 0 amide bonds. The number of nitrogens with one attached hydrogen (secondary N) is 1. The molecule has 1 aromatic rings. The molecule has 0 saturated heterocycles. The molecule has 1 saturated carbocycles. The van der Waals surface area contributed by atoms with Gasteiger partial charge in [-0.15, -0.1) is 0 Å². The first-order valence-corrected chi connectivity index (χ1v) is 6.37. The fourth-order valence-corrected chi connectivity index (χ4v) is 1.81. The Bertz CT molecular complexity index is 368. The van der Waals surface area contributed by atoms with Gasteiger partial charge >= 0.3 is 0 Å². The molecule has 0 bridgehead atoms. The van der Waals surface area contributed by atoms with E-state index in [1.54, 1.807) is 0 Å². The molecule has 0 aromatic heterocycles. The minimum absolute atomic E-state index is 0.536. The lowest BCUT2D eigenvalue weighted by molar-refractivity contribution is 0.687. The fraction of sp³-hybridized carbons (Fsp3) is 0.500. The first-order chi connectivity index (χ1) is 8.25. The van der Waals surface area contributed by atoms with Gasteiger partial charge in [0.05, 0.1) is 0 Å². The van der Waals surface area contributed by atoms with Gasteiger partial charge in [-0.2, -0.15) is 0 Å². The number of rotatable bonds is 5. The molecule has 0 radical (unpaired) electrons. The predicted octanol–water partition coefficient (Wildman–Crippen LogP) is 2.25. The minimum atomic E-state index is 0.536. The van der Waals surface area contributed by atoms with Crippen LogP contribution in [0.15, 0.2) is 35.3 Å². The molecule has 0 heterocycles. The Labute approximate surface area is 103 Å². The normalized spacial score (nSPS) is 17.8. The summed E-state index contributed by atoms with van der Waals surface area (Å²) in [5.74, 6) is 1.14. The molecule has 3 heteroatoms. The van der Waals surface area contributed by atoms with Crippen LogP contribution in [0.1, 0.15) is 37.7 Å². The zero-order valence-electron chi connectivity index (χ0n) is 10.4. The SMILES string of the molecule is CC(CCN=C(N)NC1CC1)c1ccccc1. The maximum Gasteiger partial charge on any atom is 0.188 e. The van der Waals surface area contributed by atoms with Gasteiger partial charge in [-0.25, -0.2) is 0 Å². The summed E-state index contributed by atoms with van der Waals surface area (Å²) in [5, 5.41) is 3.20. The molecule has 3 N–H and O–H groups in total. The topological polar surface area (TPSA) is 50.4 Å². The van der Waals surface area contributed by atoms with Gasteiger partial charge in [-0.1, -0.05) is 37.3 Å². The molecule has 1 aliphatic carbocycles. The summed E-state index contributed by atoms with van der Waals surface area (Å²) in [7, 11) is 0. The predicted molar refractivity (Wildman–Crippen MR) is 72.1 cm³/mol. The molecule has 17 heavy (non-hydrogen) atoms. The maximum atomic E-state index is 5.78. The molecular weight excluding hydrogens is 210 g/mol. The van der Waals surface area contributed by atoms with Gasteiger partial charge in [-0.3, -0.25) is 4.99 Å². The van der Waals surface area contributed by atoms with Crippen molar-refractivity contribution in [1.29, 1.82) is 0 Å². The van der Waals surface area contributed by atoms with Crippen molar-refractivity contribution in [1.82, 2.24) is 5.32 Å². The number of hydrogen-bond acceptors (Lipinski definition) is 1. The number of benzene rings is 1. The highest BCUT2D eigenvalue weighted by Crippen LogP contribution is 2.19. The van der Waals surface area contributed by atoms with Crippen LogP contribution in [0.2, 0.25) is 0 Å². The molecule has 1 fully saturated rings. The zero-order valence-corrected chi connectivity index (χ0v) is 10.4. The molecule has 1 aliphatic rings. The molecule has 0 aliphatic heterocycles. The summed E-state index contributed by atoms with van der Waals surface area (Å²) >= 11 is 0. The van der Waals surface area contributed by atoms with Crippen LogP contribution in [0, 0.1) is 0 Å². The van der Waals surface area contributed by atoms with Crippen molar-refractivity contribution in [2.24, 2.45) is 10.7 Å². The van der Waals surface area contributed by atoms with Crippen molar-refractivity contribution < 1.29 is 0 Å². The molecular formula is C14H21N3. The van der Waals surface area contributed by atoms with E-state index in [-0.39, 0.29) is 0 Å². The second kappa shape index (κ2) is 5.71. The van der Waals surface area contributed by atoms with Gasteiger partial charge in [0, 0.05) is 12.6 Å². The quantitative estimate of drug-likeness (QED) is 0.603. The number of nitrogens with two attached hydrogens (primary N) is 1. The highest BCUT2D eigenvalue weighted by Gasteiger charge is 2.21. The Morgan fingerprint density at radius 1 is 1.41 bits per heavy atom. The first kappa shape index (κ1) is 12.0. The van der Waals surface area contributed by atoms with Crippen molar-refractivity contribution in [2.75, 3.05) is 6.54 Å². The second-order valence-electron chi connectivity index (χ2n) is 4.79. The molecule has 1 aromatic carbocycles. The highest BCUT2D eigenvalue weighted by molar-refractivity contribution is 5.78. The standard InChI is InChI=1S/C14H21N3/c1-11(12-5-3-2-4-6-12)9-10-16-14(15)17-13-7-8-13/h2-6,11,13H,7-10H2,1H3,(H3,15,16,17). The van der Waals surface area contributed by atoms with Crippen molar-refractivity contribution in [3.05, 3.63) is 35.9 Å². The Balaban J connectivity index is 1.74. The third kappa shape index (κ3) is 4.10. The third-order valence-corrected chi connectivity index (χ3v) is 3.14. The Morgan fingerprint density at radius 2 is 2.12 bits per heavy atom. The van der Waals surface area contributed by atoms with Crippen molar-refractivity contribution in [3.63, 3.8) is 0 Å². The Morgan fingerprint density at radius 3 is 2.76 bits per heavy atom. The monoisotopic (exact) mass is 231 g/mol. The summed E-state index contributed by atoms with van der Waals surface area (Å²) in [6.45, 7) is 3.02. The van der Waals surface area contributed by atoms with Crippen LogP contribution in [-0.2, 0) is 0 Å². The molecule has 0 spiro atoms. The van der Waals surface area contributed by atoms with E-state index >= 15 is 0 Å². The second-order valence-corrected chi connectivity index (χ2v) is 4.79. The Kier molecular flexibility index (Phi) is 4.02. The minimum Gasteiger partial charge on any atom is -0.370 e. The largest absolute Gasteiger partial charge is 0.370 e. The average Bonchev–Trinajstić information content (AvgIpc) is 3.14. The number of aliphatic imine (C=N–C) groups is 1. The van der Waals surface area contributed by atoms with Gasteiger partial charge in [0.15, 0.2) is 5.96 Å². The number of nitrogens with zero attached hydrogens (tertiary/aromatic N) is 1. The zero-order chi connectivity index (χ0) is 12.1. The van der Waals surface area contributed by atoms with Crippen LogP contribution in [0.5, 0.6) is 0 Å². The van der Waals surface area contributed by atoms with Crippen molar-refractivity contribution in [2.45, 2.75) is 38.1 Å². The van der Waals surface area contributed by atoms with Crippen LogP contribution in [0.4, 0.5) is 0 Å². The molecule has 1 atom stereocenters. The van der Waals surface area contributed by atoms with E-state index in [0.717, 1.165) is 13.0 Å². The van der Waals surface area contributed by atoms with E-state index in [1.165, 1.54) is 18.4 Å². The van der Waals surface area contributed by atoms with E-state index in [0.29, 0.717) is 17.9 Å². The molecule has 1 unspecified atom stereocenters. The summed E-state index contributed by atoms with van der Waals surface area (Å²) in [5.41, 5.74) is 7.15. The van der Waals surface area contributed by atoms with Crippen LogP contribution < -0.4 is 11.1 Å². The van der Waals surface area contributed by atoms with Gasteiger partial charge in [0.2, 0.25) is 0 Å². The van der Waals surface area contributed by atoms with E-state index in [4.69, 9.17) is 5.73 Å². The molecule has 3 nitrogen and oxygen atoms in total. The highest BCUT2D eigenvalue weighted by atomic mass is 15.1. The summed E-state index contributed by atoms with van der Waals surface area (Å²) in [4.78, 5) is 4.35. The molecule has 92 valence electrons. The smallest absolute Gasteiger partial charge is 0.188 e. The first-order valence-electron chi connectivity index (χ1n) is 6.37. The van der Waals surface area contributed by atoms with Crippen molar-refractivity contribution in [3.8, 4) is 0 Å². The summed E-state index contributed by atoms with van der Waals surface area (Å²) in [6.07, 6.45) is 3.50. The Hall–Kier alpha value is -1.51. The van der Waals surface area contributed by atoms with Crippen molar-refractivity contribution >= 4 is 5.96 Å². The van der Waals surface area contributed by atoms with Gasteiger partial charge in [0.25, 0.3) is 0 Å². The lowest BCUT2D eigenvalue weighted by Gasteiger charge is -2.10. The van der Waals surface area contributed by atoms with Gasteiger partial charge < -0.3 is 11.1 Å². The van der Waals surface area contributed by atoms with E-state index in [2.05, 4.69) is 41.5 Å². The van der Waals surface area contributed by atoms with Crippen LogP contribution in [0.25, 0.3) is 0 Å². The summed E-state index contributed by atoms with van der Waals surface area (Å²) in [6, 6.07) is 11.1. The van der Waals surface area contributed by atoms with Crippen LogP contribution in [-0.4, -0.2) is 18.5 Å². The molecule has 2 rings (SSSR count). The van der Waals surface area contributed by atoms with Crippen LogP contribution >= 0.6 is 0 Å².